The minimum absolute atomic E-state index is 0.0775. The summed E-state index contributed by atoms with van der Waals surface area (Å²) in [7, 11) is 0. The van der Waals surface area contributed by atoms with Gasteiger partial charge in [0.1, 0.15) is 25.8 Å². The minimum atomic E-state index is -4.51. The Morgan fingerprint density at radius 3 is 2.55 bits per heavy atom. The van der Waals surface area contributed by atoms with Gasteiger partial charge in [0.2, 0.25) is 11.8 Å². The molecule has 158 valence electrons. The van der Waals surface area contributed by atoms with E-state index in [4.69, 9.17) is 9.47 Å². The van der Waals surface area contributed by atoms with Crippen LogP contribution in [0.2, 0.25) is 0 Å². The number of ether oxygens (including phenoxy) is 2. The third-order valence-corrected chi connectivity index (χ3v) is 4.77. The molecule has 0 aromatic heterocycles. The molecule has 2 aliphatic heterocycles. The first-order chi connectivity index (χ1) is 13.7. The van der Waals surface area contributed by atoms with E-state index in [1.807, 2.05) is 5.32 Å². The smallest absolute Gasteiger partial charge is 0.405 e. The van der Waals surface area contributed by atoms with Gasteiger partial charge in [-0.1, -0.05) is 0 Å². The Kier molecular flexibility index (Phi) is 6.29. The van der Waals surface area contributed by atoms with Gasteiger partial charge in [-0.05, 0) is 31.0 Å². The van der Waals surface area contributed by atoms with Crippen LogP contribution < -0.4 is 14.8 Å². The van der Waals surface area contributed by atoms with Crippen LogP contribution in [0.4, 0.5) is 13.2 Å². The van der Waals surface area contributed by atoms with Crippen LogP contribution in [0.3, 0.4) is 0 Å². The zero-order valence-electron chi connectivity index (χ0n) is 15.6. The first kappa shape index (κ1) is 20.9. The van der Waals surface area contributed by atoms with E-state index in [1.165, 1.54) is 4.90 Å². The van der Waals surface area contributed by atoms with Crippen molar-refractivity contribution >= 4 is 17.6 Å². The molecule has 0 aliphatic carbocycles. The second-order valence-corrected chi connectivity index (χ2v) is 6.86. The molecule has 0 saturated carbocycles. The van der Waals surface area contributed by atoms with E-state index >= 15 is 0 Å². The SMILES string of the molecule is O=C(CCC(=O)N1CCCC1C(=O)NCC(F)(F)F)c1ccc2c(c1)OCCO2. The van der Waals surface area contributed by atoms with E-state index in [0.29, 0.717) is 43.1 Å². The number of hydrogen-bond donors (Lipinski definition) is 1. The molecule has 1 aromatic carbocycles. The molecule has 1 atom stereocenters. The van der Waals surface area contributed by atoms with Crippen molar-refractivity contribution in [3.05, 3.63) is 23.8 Å². The molecule has 29 heavy (non-hydrogen) atoms. The lowest BCUT2D eigenvalue weighted by Crippen LogP contribution is -2.48. The summed E-state index contributed by atoms with van der Waals surface area (Å²) in [6.07, 6.45) is -3.90. The van der Waals surface area contributed by atoms with Gasteiger partial charge in [-0.2, -0.15) is 13.2 Å². The first-order valence-corrected chi connectivity index (χ1v) is 9.31. The maximum Gasteiger partial charge on any atom is 0.405 e. The van der Waals surface area contributed by atoms with Crippen LogP contribution in [0.1, 0.15) is 36.0 Å². The average Bonchev–Trinajstić information content (AvgIpc) is 3.19. The standard InChI is InChI=1S/C19H21F3N2O5/c20-19(21,22)11-23-18(27)13-2-1-7-24(13)17(26)6-4-14(25)12-3-5-15-16(10-12)29-9-8-28-15/h3,5,10,13H,1-2,4,6-9,11H2,(H,23,27). The molecule has 1 N–H and O–H groups in total. The predicted octanol–water partition coefficient (Wildman–Crippen LogP) is 2.09. The van der Waals surface area contributed by atoms with E-state index in [1.54, 1.807) is 18.2 Å². The zero-order valence-corrected chi connectivity index (χ0v) is 15.6. The number of hydrogen-bond acceptors (Lipinski definition) is 5. The Hall–Kier alpha value is -2.78. The normalized spacial score (nSPS) is 18.4. The van der Waals surface area contributed by atoms with Gasteiger partial charge < -0.3 is 19.7 Å². The van der Waals surface area contributed by atoms with Crippen molar-refractivity contribution < 1.29 is 37.0 Å². The van der Waals surface area contributed by atoms with Gasteiger partial charge in [-0.15, -0.1) is 0 Å². The highest BCUT2D eigenvalue weighted by molar-refractivity contribution is 5.99. The van der Waals surface area contributed by atoms with Crippen LogP contribution >= 0.6 is 0 Å². The topological polar surface area (TPSA) is 84.9 Å². The van der Waals surface area contributed by atoms with Crippen molar-refractivity contribution in [3.63, 3.8) is 0 Å². The van der Waals surface area contributed by atoms with Crippen LogP contribution in [0.5, 0.6) is 11.5 Å². The Balaban J connectivity index is 1.54. The summed E-state index contributed by atoms with van der Waals surface area (Å²) in [5.41, 5.74) is 0.378. The highest BCUT2D eigenvalue weighted by Crippen LogP contribution is 2.31. The maximum absolute atomic E-state index is 12.5. The number of nitrogens with zero attached hydrogens (tertiary/aromatic N) is 1. The predicted molar refractivity (Wildman–Crippen MR) is 94.8 cm³/mol. The number of carbonyl (C=O) groups is 3. The second kappa shape index (κ2) is 8.71. The van der Waals surface area contributed by atoms with Crippen LogP contribution in [0.15, 0.2) is 18.2 Å². The molecular formula is C19H21F3N2O5. The highest BCUT2D eigenvalue weighted by atomic mass is 19.4. The quantitative estimate of drug-likeness (QED) is 0.721. The summed E-state index contributed by atoms with van der Waals surface area (Å²) in [4.78, 5) is 38.1. The van der Waals surface area contributed by atoms with E-state index in [-0.39, 0.29) is 25.2 Å². The highest BCUT2D eigenvalue weighted by Gasteiger charge is 2.36. The first-order valence-electron chi connectivity index (χ1n) is 9.31. The maximum atomic E-state index is 12.5. The molecule has 10 heteroatoms. The fourth-order valence-corrected chi connectivity index (χ4v) is 3.37. The number of benzene rings is 1. The number of nitrogens with one attached hydrogen (secondary N) is 1. The van der Waals surface area contributed by atoms with Gasteiger partial charge in [-0.25, -0.2) is 0 Å². The molecule has 1 aromatic rings. The second-order valence-electron chi connectivity index (χ2n) is 6.86. The third-order valence-electron chi connectivity index (χ3n) is 4.77. The van der Waals surface area contributed by atoms with Crippen molar-refractivity contribution in [1.29, 1.82) is 0 Å². The number of amides is 2. The van der Waals surface area contributed by atoms with Gasteiger partial charge in [0.25, 0.3) is 0 Å². The summed E-state index contributed by atoms with van der Waals surface area (Å²) >= 11 is 0. The summed E-state index contributed by atoms with van der Waals surface area (Å²) in [5.74, 6) is -0.512. The molecule has 0 spiro atoms. The Morgan fingerprint density at radius 2 is 1.83 bits per heavy atom. The van der Waals surface area contributed by atoms with Crippen LogP contribution in [0, 0.1) is 0 Å². The van der Waals surface area contributed by atoms with E-state index in [9.17, 15) is 27.6 Å². The van der Waals surface area contributed by atoms with Gasteiger partial charge >= 0.3 is 6.18 Å². The van der Waals surface area contributed by atoms with Crippen molar-refractivity contribution in [2.24, 2.45) is 0 Å². The number of likely N-dealkylation sites (tertiary alicyclic amines) is 1. The lowest BCUT2D eigenvalue weighted by Gasteiger charge is -2.24. The molecule has 1 fully saturated rings. The summed E-state index contributed by atoms with van der Waals surface area (Å²) in [6, 6.07) is 3.84. The number of halogens is 3. The Bertz CT molecular complexity index is 797. The van der Waals surface area contributed by atoms with Crippen molar-refractivity contribution in [2.45, 2.75) is 37.9 Å². The summed E-state index contributed by atoms with van der Waals surface area (Å²) in [6.45, 7) is -0.341. The number of alkyl halides is 3. The lowest BCUT2D eigenvalue weighted by molar-refractivity contribution is -0.144. The molecule has 1 saturated heterocycles. The number of rotatable bonds is 6. The summed E-state index contributed by atoms with van der Waals surface area (Å²) in [5, 5.41) is 1.82. The molecule has 7 nitrogen and oxygen atoms in total. The average molecular weight is 414 g/mol. The molecule has 2 amide bonds. The van der Waals surface area contributed by atoms with Gasteiger partial charge in [0, 0.05) is 24.9 Å². The lowest BCUT2D eigenvalue weighted by atomic mass is 10.0. The Morgan fingerprint density at radius 1 is 1.10 bits per heavy atom. The number of fused-ring (bicyclic) bond motifs is 1. The molecule has 0 bridgehead atoms. The molecule has 3 rings (SSSR count). The molecule has 0 radical (unpaired) electrons. The van der Waals surface area contributed by atoms with Crippen LogP contribution in [-0.2, 0) is 9.59 Å². The van der Waals surface area contributed by atoms with Gasteiger partial charge in [0.05, 0.1) is 0 Å². The van der Waals surface area contributed by atoms with Crippen molar-refractivity contribution in [3.8, 4) is 11.5 Å². The van der Waals surface area contributed by atoms with Crippen LogP contribution in [-0.4, -0.2) is 61.0 Å². The minimum Gasteiger partial charge on any atom is -0.486 e. The monoisotopic (exact) mass is 414 g/mol. The fraction of sp³-hybridized carbons (Fsp3) is 0.526. The Labute approximate surface area is 165 Å². The van der Waals surface area contributed by atoms with Crippen LogP contribution in [0.25, 0.3) is 0 Å². The zero-order chi connectivity index (χ0) is 21.0. The van der Waals surface area contributed by atoms with E-state index < -0.39 is 30.6 Å². The molecule has 1 unspecified atom stereocenters. The fourth-order valence-electron chi connectivity index (χ4n) is 3.37. The van der Waals surface area contributed by atoms with Gasteiger partial charge in [0.15, 0.2) is 17.3 Å². The molecule has 2 heterocycles. The van der Waals surface area contributed by atoms with Crippen molar-refractivity contribution in [1.82, 2.24) is 10.2 Å². The molecular weight excluding hydrogens is 393 g/mol. The summed E-state index contributed by atoms with van der Waals surface area (Å²) < 4.78 is 47.7. The third kappa shape index (κ3) is 5.39. The van der Waals surface area contributed by atoms with E-state index in [2.05, 4.69) is 0 Å². The number of carbonyl (C=O) groups excluding carboxylic acids is 3. The van der Waals surface area contributed by atoms with Gasteiger partial charge in [-0.3, -0.25) is 14.4 Å². The van der Waals surface area contributed by atoms with E-state index in [0.717, 1.165) is 0 Å². The largest absolute Gasteiger partial charge is 0.486 e. The number of Topliss-reactive ketones (excluding diaryl/α,β-unsaturated/α-hetero) is 1. The molecule has 2 aliphatic rings. The van der Waals surface area contributed by atoms with Crippen molar-refractivity contribution in [2.75, 3.05) is 26.3 Å². The number of ketones is 1.